The van der Waals surface area contributed by atoms with Crippen LogP contribution in [0.4, 0.5) is 5.69 Å². The molecule has 0 radical (unpaired) electrons. The predicted octanol–water partition coefficient (Wildman–Crippen LogP) is 0.952. The van der Waals surface area contributed by atoms with E-state index in [2.05, 4.69) is 34.5 Å². The number of nitrogens with zero attached hydrogens (tertiary/aromatic N) is 1. The minimum Gasteiger partial charge on any atom is -0.378 e. The number of hydrogen-bond donors (Lipinski definition) is 1. The van der Waals surface area contributed by atoms with Gasteiger partial charge in [0.25, 0.3) is 0 Å². The van der Waals surface area contributed by atoms with Gasteiger partial charge in [-0.2, -0.15) is 0 Å². The first kappa shape index (κ1) is 11.7. The van der Waals surface area contributed by atoms with Crippen LogP contribution in [0.1, 0.15) is 11.8 Å². The zero-order valence-corrected chi connectivity index (χ0v) is 10.4. The van der Waals surface area contributed by atoms with Crippen LogP contribution in [0.3, 0.4) is 0 Å². The van der Waals surface area contributed by atoms with Crippen molar-refractivity contribution in [3.8, 4) is 0 Å². The Morgan fingerprint density at radius 2 is 2.06 bits per heavy atom. The largest absolute Gasteiger partial charge is 0.378 e. The quantitative estimate of drug-likeness (QED) is 0.799. The van der Waals surface area contributed by atoms with Crippen LogP contribution in [0.2, 0.25) is 0 Å². The molecule has 0 unspecified atom stereocenters. The van der Waals surface area contributed by atoms with Crippen molar-refractivity contribution in [2.75, 3.05) is 31.5 Å². The Bertz CT molecular complexity index is 339. The molecule has 1 saturated heterocycles. The molecule has 1 aliphatic rings. The maximum absolute atomic E-state index is 5.81. The SMILES string of the molecule is CN(C)c1ccc([C@H]2[NH2+][C@H](CCl)CO2)cc1. The molecule has 1 heterocycles. The Morgan fingerprint density at radius 1 is 1.38 bits per heavy atom. The third kappa shape index (κ3) is 2.48. The molecule has 2 rings (SSSR count). The summed E-state index contributed by atoms with van der Waals surface area (Å²) in [6.07, 6.45) is 0.111. The molecule has 2 atom stereocenters. The van der Waals surface area contributed by atoms with Crippen molar-refractivity contribution in [3.63, 3.8) is 0 Å². The van der Waals surface area contributed by atoms with Gasteiger partial charge < -0.3 is 15.0 Å². The second kappa shape index (κ2) is 5.04. The van der Waals surface area contributed by atoms with Crippen molar-refractivity contribution >= 4 is 17.3 Å². The Hall–Kier alpha value is -0.770. The zero-order chi connectivity index (χ0) is 11.5. The average molecular weight is 242 g/mol. The molecule has 3 nitrogen and oxygen atoms in total. The summed E-state index contributed by atoms with van der Waals surface area (Å²) in [5.41, 5.74) is 2.41. The van der Waals surface area contributed by atoms with Gasteiger partial charge in [0.15, 0.2) is 0 Å². The number of benzene rings is 1. The molecule has 1 aromatic carbocycles. The summed E-state index contributed by atoms with van der Waals surface area (Å²) in [6.45, 7) is 0.740. The zero-order valence-electron chi connectivity index (χ0n) is 9.69. The molecule has 2 N–H and O–H groups in total. The van der Waals surface area contributed by atoms with Gasteiger partial charge in [-0.1, -0.05) is 0 Å². The van der Waals surface area contributed by atoms with Crippen molar-refractivity contribution in [3.05, 3.63) is 29.8 Å². The number of nitrogens with two attached hydrogens (primary N) is 1. The first-order valence-corrected chi connectivity index (χ1v) is 6.04. The van der Waals surface area contributed by atoms with Crippen molar-refractivity contribution < 1.29 is 10.1 Å². The first-order valence-electron chi connectivity index (χ1n) is 5.50. The highest BCUT2D eigenvalue weighted by atomic mass is 35.5. The lowest BCUT2D eigenvalue weighted by Gasteiger charge is -2.14. The lowest BCUT2D eigenvalue weighted by atomic mass is 10.1. The van der Waals surface area contributed by atoms with E-state index in [1.54, 1.807) is 0 Å². The highest BCUT2D eigenvalue weighted by Gasteiger charge is 2.29. The van der Waals surface area contributed by atoms with E-state index in [-0.39, 0.29) is 6.23 Å². The molecule has 1 fully saturated rings. The lowest BCUT2D eigenvalue weighted by molar-refractivity contribution is -0.721. The number of alkyl halides is 1. The molecular weight excluding hydrogens is 224 g/mol. The highest BCUT2D eigenvalue weighted by Crippen LogP contribution is 2.18. The van der Waals surface area contributed by atoms with Gasteiger partial charge in [-0.15, -0.1) is 11.6 Å². The van der Waals surface area contributed by atoms with E-state index in [1.165, 1.54) is 11.3 Å². The van der Waals surface area contributed by atoms with Gasteiger partial charge in [-0.05, 0) is 24.3 Å². The summed E-state index contributed by atoms with van der Waals surface area (Å²) in [4.78, 5) is 2.09. The lowest BCUT2D eigenvalue weighted by Crippen LogP contribution is -2.88. The Labute approximate surface area is 101 Å². The fourth-order valence-electron chi connectivity index (χ4n) is 1.85. The minimum atomic E-state index is 0.111. The van der Waals surface area contributed by atoms with Crippen molar-refractivity contribution in [2.45, 2.75) is 12.3 Å². The molecule has 0 bridgehead atoms. The third-order valence-electron chi connectivity index (χ3n) is 2.87. The number of quaternary nitrogens is 1. The van der Waals surface area contributed by atoms with Crippen LogP contribution in [-0.2, 0) is 4.74 Å². The molecule has 0 amide bonds. The van der Waals surface area contributed by atoms with E-state index in [0.29, 0.717) is 11.9 Å². The molecular formula is C12H18ClN2O+. The second-order valence-corrected chi connectivity index (χ2v) is 4.66. The van der Waals surface area contributed by atoms with E-state index in [9.17, 15) is 0 Å². The normalized spacial score (nSPS) is 24.7. The number of ether oxygens (including phenoxy) is 1. The van der Waals surface area contributed by atoms with E-state index in [1.807, 2.05) is 14.1 Å². The smallest absolute Gasteiger partial charge is 0.217 e. The van der Waals surface area contributed by atoms with Crippen LogP contribution in [0.5, 0.6) is 0 Å². The van der Waals surface area contributed by atoms with Gasteiger partial charge in [-0.25, -0.2) is 0 Å². The summed E-state index contributed by atoms with van der Waals surface area (Å²) < 4.78 is 5.69. The van der Waals surface area contributed by atoms with Gasteiger partial charge in [0, 0.05) is 25.3 Å². The van der Waals surface area contributed by atoms with Crippen LogP contribution >= 0.6 is 11.6 Å². The number of anilines is 1. The molecule has 16 heavy (non-hydrogen) atoms. The maximum atomic E-state index is 5.81. The van der Waals surface area contributed by atoms with Crippen molar-refractivity contribution in [1.29, 1.82) is 0 Å². The fraction of sp³-hybridized carbons (Fsp3) is 0.500. The van der Waals surface area contributed by atoms with E-state index in [4.69, 9.17) is 16.3 Å². The van der Waals surface area contributed by atoms with Gasteiger partial charge in [0.1, 0.15) is 12.6 Å². The highest BCUT2D eigenvalue weighted by molar-refractivity contribution is 6.18. The minimum absolute atomic E-state index is 0.111. The number of rotatable bonds is 3. The summed E-state index contributed by atoms with van der Waals surface area (Å²) >= 11 is 5.81. The third-order valence-corrected chi connectivity index (χ3v) is 3.27. The summed E-state index contributed by atoms with van der Waals surface area (Å²) in [5.74, 6) is 0.645. The van der Waals surface area contributed by atoms with Crippen molar-refractivity contribution in [1.82, 2.24) is 0 Å². The summed E-state index contributed by atoms with van der Waals surface area (Å²) in [6, 6.07) is 8.85. The molecule has 4 heteroatoms. The van der Waals surface area contributed by atoms with Crippen molar-refractivity contribution in [2.24, 2.45) is 0 Å². The number of halogens is 1. The molecule has 1 aromatic rings. The van der Waals surface area contributed by atoms with Crippen LogP contribution in [0, 0.1) is 0 Å². The molecule has 0 saturated carbocycles. The maximum Gasteiger partial charge on any atom is 0.217 e. The standard InChI is InChI=1S/C12H17ClN2O/c1-15(2)11-5-3-9(4-6-11)12-14-10(7-13)8-16-12/h3-6,10,12,14H,7-8H2,1-2H3/p+1/t10-,12+/m1/s1. The number of hydrogen-bond acceptors (Lipinski definition) is 2. The predicted molar refractivity (Wildman–Crippen MR) is 65.9 cm³/mol. The van der Waals surface area contributed by atoms with Crippen LogP contribution in [-0.4, -0.2) is 32.6 Å². The molecule has 0 spiro atoms. The molecule has 0 aliphatic carbocycles. The van der Waals surface area contributed by atoms with Gasteiger partial charge >= 0.3 is 0 Å². The first-order chi connectivity index (χ1) is 7.70. The van der Waals surface area contributed by atoms with Crippen LogP contribution in [0.15, 0.2) is 24.3 Å². The van der Waals surface area contributed by atoms with Crippen LogP contribution < -0.4 is 10.2 Å². The monoisotopic (exact) mass is 241 g/mol. The van der Waals surface area contributed by atoms with Gasteiger partial charge in [-0.3, -0.25) is 0 Å². The Kier molecular flexibility index (Phi) is 3.69. The average Bonchev–Trinajstić information content (AvgIpc) is 2.77. The Balaban J connectivity index is 2.05. The van der Waals surface area contributed by atoms with Crippen LogP contribution in [0.25, 0.3) is 0 Å². The fourth-order valence-corrected chi connectivity index (χ4v) is 2.04. The van der Waals surface area contributed by atoms with E-state index >= 15 is 0 Å². The van der Waals surface area contributed by atoms with Gasteiger partial charge in [0.2, 0.25) is 6.23 Å². The topological polar surface area (TPSA) is 29.1 Å². The van der Waals surface area contributed by atoms with E-state index in [0.717, 1.165) is 6.61 Å². The summed E-state index contributed by atoms with van der Waals surface area (Å²) in [5, 5.41) is 2.19. The summed E-state index contributed by atoms with van der Waals surface area (Å²) in [7, 11) is 4.08. The molecule has 1 aliphatic heterocycles. The Morgan fingerprint density at radius 3 is 2.56 bits per heavy atom. The van der Waals surface area contributed by atoms with E-state index < -0.39 is 0 Å². The molecule has 88 valence electrons. The second-order valence-electron chi connectivity index (χ2n) is 4.35. The molecule has 0 aromatic heterocycles. The van der Waals surface area contributed by atoms with Gasteiger partial charge in [0.05, 0.1) is 5.88 Å².